The quantitative estimate of drug-likeness (QED) is 0.563. The summed E-state index contributed by atoms with van der Waals surface area (Å²) in [6.07, 6.45) is -4.40. The highest BCUT2D eigenvalue weighted by atomic mass is 35.5. The highest BCUT2D eigenvalue weighted by Crippen LogP contribution is 2.30. The fraction of sp³-hybridized carbons (Fsp3) is 0.133. The average Bonchev–Trinajstić information content (AvgIpc) is 2.47. The Labute approximate surface area is 135 Å². The Morgan fingerprint density at radius 1 is 1.05 bits per heavy atom. The van der Waals surface area contributed by atoms with Crippen LogP contribution >= 0.6 is 23.2 Å². The molecule has 0 aliphatic rings. The summed E-state index contributed by atoms with van der Waals surface area (Å²) in [6, 6.07) is 9.74. The molecule has 0 radical (unpaired) electrons. The first-order valence-corrected chi connectivity index (χ1v) is 6.93. The van der Waals surface area contributed by atoms with Gasteiger partial charge in [-0.1, -0.05) is 35.3 Å². The van der Waals surface area contributed by atoms with Crippen molar-refractivity contribution >= 4 is 34.7 Å². The predicted molar refractivity (Wildman–Crippen MR) is 84.0 cm³/mol. The molecule has 22 heavy (non-hydrogen) atoms. The second kappa shape index (κ2) is 6.58. The van der Waals surface area contributed by atoms with E-state index >= 15 is 0 Å². The molecular formula is C15H11Cl2F3N2. The molecule has 2 aromatic carbocycles. The van der Waals surface area contributed by atoms with Crippen LogP contribution in [0.2, 0.25) is 10.0 Å². The molecule has 0 atom stereocenters. The van der Waals surface area contributed by atoms with E-state index in [-0.39, 0.29) is 0 Å². The fourth-order valence-corrected chi connectivity index (χ4v) is 2.11. The lowest BCUT2D eigenvalue weighted by atomic mass is 10.1. The third-order valence-electron chi connectivity index (χ3n) is 2.87. The lowest BCUT2D eigenvalue weighted by molar-refractivity contribution is -0.137. The van der Waals surface area contributed by atoms with E-state index in [0.29, 0.717) is 27.1 Å². The highest BCUT2D eigenvalue weighted by molar-refractivity contribution is 6.42. The average molecular weight is 347 g/mol. The van der Waals surface area contributed by atoms with Gasteiger partial charge in [0.15, 0.2) is 0 Å². The molecule has 0 unspecified atom stereocenters. The van der Waals surface area contributed by atoms with Crippen LogP contribution in [0.3, 0.4) is 0 Å². The number of amidine groups is 1. The van der Waals surface area contributed by atoms with Crippen LogP contribution in [-0.2, 0) is 6.18 Å². The van der Waals surface area contributed by atoms with Crippen molar-refractivity contribution < 1.29 is 13.2 Å². The van der Waals surface area contributed by atoms with Crippen LogP contribution in [-0.4, -0.2) is 12.9 Å². The van der Waals surface area contributed by atoms with Gasteiger partial charge in [-0.3, -0.25) is 4.99 Å². The topological polar surface area (TPSA) is 24.4 Å². The van der Waals surface area contributed by atoms with E-state index in [1.165, 1.54) is 13.1 Å². The summed E-state index contributed by atoms with van der Waals surface area (Å²) in [5, 5.41) is 3.66. The Bertz CT molecular complexity index is 712. The highest BCUT2D eigenvalue weighted by Gasteiger charge is 2.30. The van der Waals surface area contributed by atoms with Crippen molar-refractivity contribution in [2.45, 2.75) is 6.18 Å². The minimum Gasteiger partial charge on any atom is -0.340 e. The molecule has 0 saturated carbocycles. The van der Waals surface area contributed by atoms with Crippen molar-refractivity contribution in [2.75, 3.05) is 12.4 Å². The second-order valence-electron chi connectivity index (χ2n) is 4.40. The molecule has 2 aromatic rings. The molecule has 1 N–H and O–H groups in total. The Balaban J connectivity index is 2.31. The molecule has 2 nitrogen and oxygen atoms in total. The lowest BCUT2D eigenvalue weighted by Crippen LogP contribution is -2.15. The molecule has 0 fully saturated rings. The normalized spacial score (nSPS) is 12.4. The Morgan fingerprint density at radius 2 is 1.77 bits per heavy atom. The van der Waals surface area contributed by atoms with Crippen LogP contribution in [0, 0.1) is 0 Å². The molecule has 0 aliphatic heterocycles. The van der Waals surface area contributed by atoms with Gasteiger partial charge in [-0.2, -0.15) is 13.2 Å². The summed E-state index contributed by atoms with van der Waals surface area (Å²) in [7, 11) is 1.49. The maximum Gasteiger partial charge on any atom is 0.416 e. The van der Waals surface area contributed by atoms with Crippen molar-refractivity contribution in [3.8, 4) is 0 Å². The van der Waals surface area contributed by atoms with Crippen molar-refractivity contribution in [3.63, 3.8) is 0 Å². The number of aliphatic imine (C=N–C) groups is 1. The molecule has 0 bridgehead atoms. The van der Waals surface area contributed by atoms with Gasteiger partial charge in [-0.25, -0.2) is 0 Å². The van der Waals surface area contributed by atoms with Crippen molar-refractivity contribution in [2.24, 2.45) is 4.99 Å². The maximum atomic E-state index is 12.8. The molecule has 0 spiro atoms. The van der Waals surface area contributed by atoms with E-state index in [0.717, 1.165) is 12.1 Å². The van der Waals surface area contributed by atoms with Gasteiger partial charge in [0.1, 0.15) is 5.84 Å². The van der Waals surface area contributed by atoms with Crippen LogP contribution < -0.4 is 5.32 Å². The zero-order chi connectivity index (χ0) is 16.3. The van der Waals surface area contributed by atoms with E-state index < -0.39 is 11.7 Å². The van der Waals surface area contributed by atoms with Gasteiger partial charge in [-0.05, 0) is 30.3 Å². The van der Waals surface area contributed by atoms with Gasteiger partial charge < -0.3 is 5.32 Å². The number of nitrogens with one attached hydrogen (secondary N) is 1. The zero-order valence-electron chi connectivity index (χ0n) is 11.4. The third-order valence-corrected chi connectivity index (χ3v) is 3.61. The van der Waals surface area contributed by atoms with Crippen LogP contribution in [0.25, 0.3) is 0 Å². The molecule has 0 heterocycles. The van der Waals surface area contributed by atoms with Crippen molar-refractivity contribution in [1.82, 2.24) is 0 Å². The van der Waals surface area contributed by atoms with E-state index in [9.17, 15) is 13.2 Å². The number of anilines is 1. The first-order chi connectivity index (χ1) is 10.3. The third kappa shape index (κ3) is 3.93. The van der Waals surface area contributed by atoms with Crippen molar-refractivity contribution in [1.29, 1.82) is 0 Å². The van der Waals surface area contributed by atoms with Gasteiger partial charge >= 0.3 is 6.18 Å². The van der Waals surface area contributed by atoms with Gasteiger partial charge in [0.05, 0.1) is 15.6 Å². The summed E-state index contributed by atoms with van der Waals surface area (Å²) in [5.41, 5.74) is 0.165. The van der Waals surface area contributed by atoms with E-state index in [4.69, 9.17) is 23.2 Å². The van der Waals surface area contributed by atoms with Gasteiger partial charge in [0.25, 0.3) is 0 Å². The molecule has 0 aromatic heterocycles. The summed E-state index contributed by atoms with van der Waals surface area (Å²) in [5.74, 6) is 0.296. The van der Waals surface area contributed by atoms with Gasteiger partial charge in [0.2, 0.25) is 0 Å². The number of alkyl halides is 3. The number of rotatable bonds is 2. The SMILES string of the molecule is CN=C(Nc1ccc(Cl)c(Cl)c1)c1cccc(C(F)(F)F)c1. The minimum absolute atomic E-state index is 0.296. The number of halogens is 5. The standard InChI is InChI=1S/C15H11Cl2F3N2/c1-21-14(22-11-5-6-12(16)13(17)8-11)9-3-2-4-10(7-9)15(18,19)20/h2-8H,1H3,(H,21,22). The van der Waals surface area contributed by atoms with Crippen LogP contribution in [0.15, 0.2) is 47.5 Å². The molecule has 7 heteroatoms. The van der Waals surface area contributed by atoms with E-state index in [2.05, 4.69) is 10.3 Å². The Kier molecular flexibility index (Phi) is 4.98. The summed E-state index contributed by atoms with van der Waals surface area (Å²) >= 11 is 11.7. The summed E-state index contributed by atoms with van der Waals surface area (Å²) in [4.78, 5) is 3.99. The van der Waals surface area contributed by atoms with Crippen LogP contribution in [0.1, 0.15) is 11.1 Å². The van der Waals surface area contributed by atoms with Gasteiger partial charge in [0, 0.05) is 18.3 Å². The predicted octanol–water partition coefficient (Wildman–Crippen LogP) is 5.50. The minimum atomic E-state index is -4.40. The fourth-order valence-electron chi connectivity index (χ4n) is 1.81. The molecule has 0 aliphatic carbocycles. The van der Waals surface area contributed by atoms with E-state index in [1.807, 2.05) is 0 Å². The summed E-state index contributed by atoms with van der Waals surface area (Å²) < 4.78 is 38.3. The zero-order valence-corrected chi connectivity index (χ0v) is 12.9. The number of benzene rings is 2. The van der Waals surface area contributed by atoms with Crippen LogP contribution in [0.5, 0.6) is 0 Å². The smallest absolute Gasteiger partial charge is 0.340 e. The monoisotopic (exact) mass is 346 g/mol. The van der Waals surface area contributed by atoms with Gasteiger partial charge in [-0.15, -0.1) is 0 Å². The van der Waals surface area contributed by atoms with Crippen LogP contribution in [0.4, 0.5) is 18.9 Å². The Morgan fingerprint density at radius 3 is 2.36 bits per heavy atom. The molecule has 2 rings (SSSR count). The summed E-state index contributed by atoms with van der Waals surface area (Å²) in [6.45, 7) is 0. The van der Waals surface area contributed by atoms with Crippen molar-refractivity contribution in [3.05, 3.63) is 63.6 Å². The number of nitrogens with zero attached hydrogens (tertiary/aromatic N) is 1. The number of hydrogen-bond acceptors (Lipinski definition) is 1. The molecule has 0 saturated heterocycles. The first-order valence-electron chi connectivity index (χ1n) is 6.18. The second-order valence-corrected chi connectivity index (χ2v) is 5.22. The number of hydrogen-bond donors (Lipinski definition) is 1. The molecule has 116 valence electrons. The largest absolute Gasteiger partial charge is 0.416 e. The lowest BCUT2D eigenvalue weighted by Gasteiger charge is -2.13. The molecule has 0 amide bonds. The van der Waals surface area contributed by atoms with E-state index in [1.54, 1.807) is 24.3 Å². The molecular weight excluding hydrogens is 336 g/mol. The Hall–Kier alpha value is -1.72. The maximum absolute atomic E-state index is 12.8. The first kappa shape index (κ1) is 16.6.